The van der Waals surface area contributed by atoms with Crippen LogP contribution in [0.15, 0.2) is 0 Å². The van der Waals surface area contributed by atoms with E-state index in [0.29, 0.717) is 0 Å². The average Bonchev–Trinajstić information content (AvgIpc) is 3.23. The lowest BCUT2D eigenvalue weighted by molar-refractivity contribution is 0.216. The lowest BCUT2D eigenvalue weighted by Gasteiger charge is -2.34. The molecule has 26 heavy (non-hydrogen) atoms. The Hall–Kier alpha value is -1.24. The zero-order chi connectivity index (χ0) is 17.5. The number of hydrogen-bond acceptors (Lipinski definition) is 6. The molecular weight excluding hydrogens is 342 g/mol. The number of thiophene rings is 1. The number of anilines is 1. The van der Waals surface area contributed by atoms with Crippen LogP contribution in [-0.2, 0) is 19.4 Å². The Bertz CT molecular complexity index is 787. The lowest BCUT2D eigenvalue weighted by atomic mass is 10.1. The molecule has 2 saturated heterocycles. The molecule has 2 aromatic rings. The van der Waals surface area contributed by atoms with Crippen molar-refractivity contribution in [3.05, 3.63) is 16.3 Å². The Morgan fingerprint density at radius 2 is 1.69 bits per heavy atom. The SMILES string of the molecule is CN1CCN(c2nc(CN3CCCCC3)nc3sc4c(c23)CCC4)CC1. The fourth-order valence-corrected chi connectivity index (χ4v) is 5.93. The maximum atomic E-state index is 5.15. The first-order valence-corrected chi connectivity index (χ1v) is 11.1. The van der Waals surface area contributed by atoms with Crippen molar-refractivity contribution in [2.45, 2.75) is 45.1 Å². The number of likely N-dealkylation sites (tertiary alicyclic amines) is 1. The van der Waals surface area contributed by atoms with E-state index in [1.54, 1.807) is 10.4 Å². The Morgan fingerprint density at radius 1 is 0.885 bits per heavy atom. The Labute approximate surface area is 160 Å². The molecule has 2 fully saturated rings. The van der Waals surface area contributed by atoms with E-state index in [9.17, 15) is 0 Å². The molecule has 0 radical (unpaired) electrons. The summed E-state index contributed by atoms with van der Waals surface area (Å²) in [5.74, 6) is 2.27. The second kappa shape index (κ2) is 7.06. The van der Waals surface area contributed by atoms with Crippen LogP contribution in [-0.4, -0.2) is 66.1 Å². The molecule has 0 unspecified atom stereocenters. The van der Waals surface area contributed by atoms with Crippen molar-refractivity contribution in [3.63, 3.8) is 0 Å². The smallest absolute Gasteiger partial charge is 0.146 e. The van der Waals surface area contributed by atoms with Gasteiger partial charge in [0.2, 0.25) is 0 Å². The molecule has 0 bridgehead atoms. The van der Waals surface area contributed by atoms with Gasteiger partial charge in [0.15, 0.2) is 0 Å². The van der Waals surface area contributed by atoms with Crippen LogP contribution in [0, 0.1) is 0 Å². The molecule has 0 atom stereocenters. The van der Waals surface area contributed by atoms with E-state index in [2.05, 4.69) is 21.7 Å². The summed E-state index contributed by atoms with van der Waals surface area (Å²) in [5, 5.41) is 1.38. The number of piperazine rings is 1. The average molecular weight is 372 g/mol. The van der Waals surface area contributed by atoms with Crippen LogP contribution in [0.3, 0.4) is 0 Å². The van der Waals surface area contributed by atoms with E-state index < -0.39 is 0 Å². The molecule has 0 N–H and O–H groups in total. The van der Waals surface area contributed by atoms with Crippen LogP contribution >= 0.6 is 11.3 Å². The van der Waals surface area contributed by atoms with Gasteiger partial charge in [0.25, 0.3) is 0 Å². The van der Waals surface area contributed by atoms with Gasteiger partial charge in [-0.05, 0) is 57.8 Å². The number of fused-ring (bicyclic) bond motifs is 3. The Kier molecular flexibility index (Phi) is 4.59. The van der Waals surface area contributed by atoms with Crippen molar-refractivity contribution in [3.8, 4) is 0 Å². The molecular formula is C20H29N5S. The van der Waals surface area contributed by atoms with Crippen LogP contribution < -0.4 is 4.90 Å². The van der Waals surface area contributed by atoms with Gasteiger partial charge < -0.3 is 9.80 Å². The van der Waals surface area contributed by atoms with Gasteiger partial charge in [0.1, 0.15) is 16.5 Å². The molecule has 4 heterocycles. The lowest BCUT2D eigenvalue weighted by Crippen LogP contribution is -2.45. The first-order valence-electron chi connectivity index (χ1n) is 10.2. The first-order chi connectivity index (χ1) is 12.8. The fourth-order valence-electron chi connectivity index (χ4n) is 4.65. The van der Waals surface area contributed by atoms with Crippen molar-refractivity contribution in [1.29, 1.82) is 0 Å². The van der Waals surface area contributed by atoms with Crippen molar-refractivity contribution in [1.82, 2.24) is 19.8 Å². The third-order valence-corrected chi connectivity index (χ3v) is 7.39. The summed E-state index contributed by atoms with van der Waals surface area (Å²) < 4.78 is 0. The zero-order valence-electron chi connectivity index (χ0n) is 15.8. The van der Waals surface area contributed by atoms with Gasteiger partial charge in [-0.25, -0.2) is 9.97 Å². The summed E-state index contributed by atoms with van der Waals surface area (Å²) in [5.41, 5.74) is 1.56. The van der Waals surface area contributed by atoms with Gasteiger partial charge >= 0.3 is 0 Å². The number of hydrogen-bond donors (Lipinski definition) is 0. The van der Waals surface area contributed by atoms with Gasteiger partial charge in [-0.15, -0.1) is 11.3 Å². The maximum absolute atomic E-state index is 5.15. The van der Waals surface area contributed by atoms with Gasteiger partial charge in [0.05, 0.1) is 11.9 Å². The number of aryl methyl sites for hydroxylation is 2. The van der Waals surface area contributed by atoms with Gasteiger partial charge in [-0.1, -0.05) is 6.42 Å². The highest BCUT2D eigenvalue weighted by molar-refractivity contribution is 7.19. The molecule has 0 amide bonds. The second-order valence-electron chi connectivity index (χ2n) is 8.13. The van der Waals surface area contributed by atoms with Gasteiger partial charge in [0, 0.05) is 31.1 Å². The van der Waals surface area contributed by atoms with Crippen LogP contribution in [0.25, 0.3) is 10.2 Å². The molecule has 1 aliphatic carbocycles. The predicted octanol–water partition coefficient (Wildman–Crippen LogP) is 2.92. The highest BCUT2D eigenvalue weighted by atomic mass is 32.1. The molecule has 140 valence electrons. The van der Waals surface area contributed by atoms with E-state index in [0.717, 1.165) is 38.5 Å². The van der Waals surface area contributed by atoms with Crippen molar-refractivity contribution in [2.75, 3.05) is 51.2 Å². The van der Waals surface area contributed by atoms with Crippen molar-refractivity contribution < 1.29 is 0 Å². The molecule has 6 heteroatoms. The molecule has 0 saturated carbocycles. The highest BCUT2D eigenvalue weighted by Crippen LogP contribution is 2.40. The summed E-state index contributed by atoms with van der Waals surface area (Å²) in [6.07, 6.45) is 7.77. The predicted molar refractivity (Wildman–Crippen MR) is 108 cm³/mol. The molecule has 3 aliphatic rings. The molecule has 0 aromatic carbocycles. The van der Waals surface area contributed by atoms with Gasteiger partial charge in [-0.3, -0.25) is 4.90 Å². The first kappa shape index (κ1) is 16.9. The summed E-state index contributed by atoms with van der Waals surface area (Å²) in [7, 11) is 2.22. The summed E-state index contributed by atoms with van der Waals surface area (Å²) in [6, 6.07) is 0. The number of rotatable bonds is 3. The van der Waals surface area contributed by atoms with E-state index in [-0.39, 0.29) is 0 Å². The monoisotopic (exact) mass is 371 g/mol. The van der Waals surface area contributed by atoms with E-state index in [1.807, 2.05) is 11.3 Å². The fraction of sp³-hybridized carbons (Fsp3) is 0.700. The number of nitrogens with zero attached hydrogens (tertiary/aromatic N) is 5. The largest absolute Gasteiger partial charge is 0.353 e. The Morgan fingerprint density at radius 3 is 2.50 bits per heavy atom. The normalized spacial score (nSPS) is 22.3. The zero-order valence-corrected chi connectivity index (χ0v) is 16.7. The number of likely N-dealkylation sites (N-methyl/N-ethyl adjacent to an activating group) is 1. The molecule has 2 aliphatic heterocycles. The van der Waals surface area contributed by atoms with Crippen molar-refractivity contribution in [2.24, 2.45) is 0 Å². The number of piperidine rings is 1. The second-order valence-corrected chi connectivity index (χ2v) is 9.21. The van der Waals surface area contributed by atoms with E-state index >= 15 is 0 Å². The van der Waals surface area contributed by atoms with Gasteiger partial charge in [-0.2, -0.15) is 0 Å². The standard InChI is InChI=1S/C20H29N5S/c1-23-10-12-25(13-11-23)19-18-15-6-5-7-16(15)26-20(18)22-17(21-19)14-24-8-3-2-4-9-24/h2-14H2,1H3. The molecule has 2 aromatic heterocycles. The van der Waals surface area contributed by atoms with Crippen LogP contribution in [0.5, 0.6) is 0 Å². The minimum atomic E-state index is 0.916. The minimum Gasteiger partial charge on any atom is -0.353 e. The minimum absolute atomic E-state index is 0.916. The van der Waals surface area contributed by atoms with Crippen LogP contribution in [0.4, 0.5) is 5.82 Å². The van der Waals surface area contributed by atoms with Crippen LogP contribution in [0.1, 0.15) is 41.9 Å². The number of aromatic nitrogens is 2. The summed E-state index contributed by atoms with van der Waals surface area (Å²) in [4.78, 5) is 20.5. The summed E-state index contributed by atoms with van der Waals surface area (Å²) >= 11 is 1.93. The Balaban J connectivity index is 1.53. The molecule has 0 spiro atoms. The molecule has 5 nitrogen and oxygen atoms in total. The highest BCUT2D eigenvalue weighted by Gasteiger charge is 2.26. The summed E-state index contributed by atoms with van der Waals surface area (Å²) in [6.45, 7) is 7.73. The van der Waals surface area contributed by atoms with Crippen molar-refractivity contribution >= 4 is 27.4 Å². The van der Waals surface area contributed by atoms with E-state index in [4.69, 9.17) is 9.97 Å². The third-order valence-electron chi connectivity index (χ3n) is 6.21. The molecule has 5 rings (SSSR count). The van der Waals surface area contributed by atoms with E-state index in [1.165, 1.54) is 67.6 Å². The van der Waals surface area contributed by atoms with Crippen LogP contribution in [0.2, 0.25) is 0 Å². The quantitative estimate of drug-likeness (QED) is 0.829. The third kappa shape index (κ3) is 3.12. The topological polar surface area (TPSA) is 35.5 Å². The maximum Gasteiger partial charge on any atom is 0.146 e.